The number of rotatable bonds is 1. The average Bonchev–Trinajstić information content (AvgIpc) is 2.20. The van der Waals surface area contributed by atoms with Gasteiger partial charge in [-0.05, 0) is 12.8 Å². The average molecular weight is 167 g/mol. The van der Waals surface area contributed by atoms with Gasteiger partial charge in [0.25, 0.3) is 0 Å². The predicted molar refractivity (Wildman–Crippen MR) is 47.3 cm³/mol. The lowest BCUT2D eigenvalue weighted by Crippen LogP contribution is -2.49. The molecule has 4 heteroatoms. The van der Waals surface area contributed by atoms with Crippen LogP contribution in [-0.4, -0.2) is 49.3 Å². The van der Waals surface area contributed by atoms with Crippen LogP contribution in [0.15, 0.2) is 0 Å². The number of fused-ring (bicyclic) bond motifs is 2. The molecule has 0 aromatic carbocycles. The van der Waals surface area contributed by atoms with Gasteiger partial charge in [-0.1, -0.05) is 0 Å². The second-order valence-corrected chi connectivity index (χ2v) is 4.43. The molecule has 2 radical (unpaired) electrons. The molecule has 2 rings (SSSR count). The summed E-state index contributed by atoms with van der Waals surface area (Å²) in [6, 6.07) is 0. The van der Waals surface area contributed by atoms with Crippen molar-refractivity contribution in [1.29, 1.82) is 0 Å². The molecule has 0 amide bonds. The maximum atomic E-state index is 10.1. The molecular formula is C8H16BN2O+. The SMILES string of the molecule is [B][N@@+]12CCC[C@@H](C1)[C@](O)(CN)C2. The molecule has 66 valence electrons. The summed E-state index contributed by atoms with van der Waals surface area (Å²) in [7, 11) is 6.07. The van der Waals surface area contributed by atoms with Crippen LogP contribution in [0.25, 0.3) is 0 Å². The molecule has 3 atom stereocenters. The zero-order chi connectivity index (χ0) is 8.82. The number of nitrogens with zero attached hydrogens (tertiary/aromatic N) is 1. The highest BCUT2D eigenvalue weighted by Crippen LogP contribution is 2.38. The van der Waals surface area contributed by atoms with E-state index in [9.17, 15) is 5.11 Å². The van der Waals surface area contributed by atoms with Crippen molar-refractivity contribution in [3.8, 4) is 0 Å². The fraction of sp³-hybridized carbons (Fsp3) is 1.00. The van der Waals surface area contributed by atoms with Crippen molar-refractivity contribution in [2.24, 2.45) is 11.7 Å². The highest BCUT2D eigenvalue weighted by molar-refractivity contribution is 5.97. The van der Waals surface area contributed by atoms with Gasteiger partial charge in [-0.3, -0.25) is 0 Å². The molecule has 2 fully saturated rings. The smallest absolute Gasteiger partial charge is 0.394 e. The van der Waals surface area contributed by atoms with Gasteiger partial charge in [0.1, 0.15) is 5.60 Å². The third-order valence-electron chi connectivity index (χ3n) is 3.44. The lowest BCUT2D eigenvalue weighted by molar-refractivity contribution is -0.812. The van der Waals surface area contributed by atoms with Crippen molar-refractivity contribution in [3.63, 3.8) is 0 Å². The Bertz CT molecular complexity index is 201. The fourth-order valence-corrected chi connectivity index (χ4v) is 2.76. The topological polar surface area (TPSA) is 46.2 Å². The van der Waals surface area contributed by atoms with Crippen LogP contribution in [0.1, 0.15) is 12.8 Å². The summed E-state index contributed by atoms with van der Waals surface area (Å²) >= 11 is 0. The number of hydrogen-bond acceptors (Lipinski definition) is 2. The second-order valence-electron chi connectivity index (χ2n) is 4.43. The first kappa shape index (κ1) is 8.54. The van der Waals surface area contributed by atoms with Gasteiger partial charge in [0.05, 0.1) is 19.6 Å². The highest BCUT2D eigenvalue weighted by atomic mass is 16.3. The van der Waals surface area contributed by atoms with Crippen molar-refractivity contribution in [3.05, 3.63) is 0 Å². The first-order valence-electron chi connectivity index (χ1n) is 4.65. The van der Waals surface area contributed by atoms with Crippen LogP contribution in [0.4, 0.5) is 0 Å². The molecule has 12 heavy (non-hydrogen) atoms. The zero-order valence-corrected chi connectivity index (χ0v) is 7.37. The Morgan fingerprint density at radius 3 is 3.00 bits per heavy atom. The van der Waals surface area contributed by atoms with Crippen molar-refractivity contribution in [2.75, 3.05) is 26.2 Å². The molecule has 0 spiro atoms. The van der Waals surface area contributed by atoms with E-state index in [0.29, 0.717) is 23.4 Å². The highest BCUT2D eigenvalue weighted by Gasteiger charge is 2.53. The quantitative estimate of drug-likeness (QED) is 0.492. The Kier molecular flexibility index (Phi) is 1.76. The van der Waals surface area contributed by atoms with E-state index in [-0.39, 0.29) is 0 Å². The van der Waals surface area contributed by atoms with E-state index in [4.69, 9.17) is 13.7 Å². The lowest BCUT2D eigenvalue weighted by Gasteiger charge is -2.33. The van der Waals surface area contributed by atoms with Crippen LogP contribution >= 0.6 is 0 Å². The van der Waals surface area contributed by atoms with Crippen LogP contribution in [0, 0.1) is 5.92 Å². The molecule has 3 N–H and O–H groups in total. The monoisotopic (exact) mass is 167 g/mol. The van der Waals surface area contributed by atoms with Gasteiger partial charge in [0.2, 0.25) is 0 Å². The number of quaternary nitrogens is 1. The van der Waals surface area contributed by atoms with Gasteiger partial charge in [0.15, 0.2) is 0 Å². The first-order chi connectivity index (χ1) is 5.58. The van der Waals surface area contributed by atoms with Gasteiger partial charge < -0.3 is 15.2 Å². The summed E-state index contributed by atoms with van der Waals surface area (Å²) in [6.45, 7) is 2.91. The molecule has 2 aliphatic rings. The van der Waals surface area contributed by atoms with Gasteiger partial charge in [-0.2, -0.15) is 0 Å². The van der Waals surface area contributed by atoms with Gasteiger partial charge in [-0.25, -0.2) is 0 Å². The minimum absolute atomic E-state index is 0.334. The lowest BCUT2D eigenvalue weighted by atomic mass is 9.87. The maximum absolute atomic E-state index is 10.1. The summed E-state index contributed by atoms with van der Waals surface area (Å²) in [5.41, 5.74) is 4.89. The Morgan fingerprint density at radius 2 is 2.42 bits per heavy atom. The zero-order valence-electron chi connectivity index (χ0n) is 7.37. The standard InChI is InChI=1S/C8H16BN2O/c9-11-3-1-2-7(4-11)8(12,5-10)6-11/h7,12H,1-6,10H2/q+1/t7-,8-,11-/m0/s1. The van der Waals surface area contributed by atoms with Crippen LogP contribution in [0.5, 0.6) is 0 Å². The number of aliphatic hydroxyl groups is 1. The van der Waals surface area contributed by atoms with Crippen molar-refractivity contribution < 1.29 is 9.50 Å². The molecule has 0 saturated carbocycles. The van der Waals surface area contributed by atoms with Gasteiger partial charge in [0, 0.05) is 12.5 Å². The molecule has 2 bridgehead atoms. The largest absolute Gasteiger partial charge is 0.481 e. The van der Waals surface area contributed by atoms with Crippen molar-refractivity contribution in [2.45, 2.75) is 18.4 Å². The molecule has 0 unspecified atom stereocenters. The van der Waals surface area contributed by atoms with E-state index in [1.165, 1.54) is 0 Å². The molecule has 2 saturated heterocycles. The Balaban J connectivity index is 2.22. The number of nitrogens with two attached hydrogens (primary N) is 1. The van der Waals surface area contributed by atoms with E-state index >= 15 is 0 Å². The van der Waals surface area contributed by atoms with Gasteiger partial charge >= 0.3 is 7.98 Å². The van der Waals surface area contributed by atoms with Crippen LogP contribution in [0.3, 0.4) is 0 Å². The van der Waals surface area contributed by atoms with Gasteiger partial charge in [-0.15, -0.1) is 0 Å². The van der Waals surface area contributed by atoms with Crippen LogP contribution < -0.4 is 5.73 Å². The summed E-state index contributed by atoms with van der Waals surface area (Å²) < 4.78 is 0.540. The summed E-state index contributed by atoms with van der Waals surface area (Å²) in [6.07, 6.45) is 2.22. The molecule has 0 aliphatic carbocycles. The summed E-state index contributed by atoms with van der Waals surface area (Å²) in [5.74, 6) is 0.334. The Hall–Kier alpha value is -0.0551. The van der Waals surface area contributed by atoms with E-state index in [0.717, 1.165) is 25.9 Å². The van der Waals surface area contributed by atoms with E-state index in [1.54, 1.807) is 0 Å². The van der Waals surface area contributed by atoms with E-state index in [1.807, 2.05) is 0 Å². The van der Waals surface area contributed by atoms with Crippen LogP contribution in [0.2, 0.25) is 0 Å². The third kappa shape index (κ3) is 1.10. The molecule has 3 nitrogen and oxygen atoms in total. The Labute approximate surface area is 74.6 Å². The molecule has 0 aromatic rings. The molecule has 2 heterocycles. The minimum atomic E-state index is -0.675. The Morgan fingerprint density at radius 1 is 1.67 bits per heavy atom. The summed E-state index contributed by atoms with van der Waals surface area (Å²) in [5, 5.41) is 10.1. The maximum Gasteiger partial charge on any atom is 0.481 e. The third-order valence-corrected chi connectivity index (χ3v) is 3.44. The van der Waals surface area contributed by atoms with Crippen molar-refractivity contribution in [1.82, 2.24) is 0 Å². The predicted octanol–water partition coefficient (Wildman–Crippen LogP) is -1.000. The summed E-state index contributed by atoms with van der Waals surface area (Å²) in [4.78, 5) is 0. The second kappa shape index (κ2) is 2.47. The first-order valence-corrected chi connectivity index (χ1v) is 4.65. The van der Waals surface area contributed by atoms with Crippen molar-refractivity contribution >= 4 is 7.98 Å². The number of piperidine rings is 1. The number of hydrogen-bond donors (Lipinski definition) is 2. The van der Waals surface area contributed by atoms with Crippen LogP contribution in [-0.2, 0) is 0 Å². The molecule has 0 aromatic heterocycles. The normalized spacial score (nSPS) is 52.7. The van der Waals surface area contributed by atoms with E-state index < -0.39 is 5.60 Å². The molecule has 2 aliphatic heterocycles. The minimum Gasteiger partial charge on any atom is -0.394 e. The fourth-order valence-electron chi connectivity index (χ4n) is 2.76. The van der Waals surface area contributed by atoms with E-state index in [2.05, 4.69) is 0 Å². The molecular weight excluding hydrogens is 151 g/mol.